The van der Waals surface area contributed by atoms with Crippen LogP contribution < -0.4 is 10.6 Å². The van der Waals surface area contributed by atoms with Crippen LogP contribution in [0.2, 0.25) is 10.0 Å². The summed E-state index contributed by atoms with van der Waals surface area (Å²) < 4.78 is 5.44. The highest BCUT2D eigenvalue weighted by Crippen LogP contribution is 2.29. The first-order valence-electron chi connectivity index (χ1n) is 12.1. The molecule has 0 bridgehead atoms. The van der Waals surface area contributed by atoms with Crippen LogP contribution in [0, 0.1) is 5.92 Å². The van der Waals surface area contributed by atoms with E-state index in [9.17, 15) is 9.59 Å². The first-order valence-corrected chi connectivity index (χ1v) is 12.9. The standard InChI is InChI=1S/C26H29Cl2N5O3/c1-2-3-12-29-26(35)20-8-4-5-9-22(20)30-25(34)17-7-6-13-33(15-17)16-23-31-24(32-36-23)19-11-10-18(27)14-21(19)28/h4-5,8-11,14,17H,2-3,6-7,12-13,15-16H2,1H3,(H,29,35)(H,30,34). The Hall–Kier alpha value is -2.94. The van der Waals surface area contributed by atoms with Crippen LogP contribution in [0.25, 0.3) is 11.4 Å². The van der Waals surface area contributed by atoms with Crippen molar-refractivity contribution in [1.82, 2.24) is 20.4 Å². The molecule has 1 unspecified atom stereocenters. The molecule has 1 saturated heterocycles. The lowest BCUT2D eigenvalue weighted by Crippen LogP contribution is -2.40. The van der Waals surface area contributed by atoms with Gasteiger partial charge in [-0.05, 0) is 56.1 Å². The summed E-state index contributed by atoms with van der Waals surface area (Å²) in [5, 5.41) is 10.9. The molecule has 2 aromatic carbocycles. The third kappa shape index (κ3) is 6.63. The highest BCUT2D eigenvalue weighted by Gasteiger charge is 2.28. The highest BCUT2D eigenvalue weighted by molar-refractivity contribution is 6.36. The summed E-state index contributed by atoms with van der Waals surface area (Å²) in [5.41, 5.74) is 1.63. The Labute approximate surface area is 220 Å². The average Bonchev–Trinajstić information content (AvgIpc) is 3.32. The number of amides is 2. The van der Waals surface area contributed by atoms with E-state index in [1.807, 2.05) is 6.07 Å². The molecular weight excluding hydrogens is 501 g/mol. The number of hydrogen-bond donors (Lipinski definition) is 2. The molecule has 2 amide bonds. The molecule has 10 heteroatoms. The predicted molar refractivity (Wildman–Crippen MR) is 140 cm³/mol. The van der Waals surface area contributed by atoms with Gasteiger partial charge in [-0.25, -0.2) is 0 Å². The van der Waals surface area contributed by atoms with E-state index in [0.717, 1.165) is 32.2 Å². The van der Waals surface area contributed by atoms with Gasteiger partial charge in [0.15, 0.2) is 0 Å². The van der Waals surface area contributed by atoms with Crippen molar-refractivity contribution in [3.8, 4) is 11.4 Å². The highest BCUT2D eigenvalue weighted by atomic mass is 35.5. The number of nitrogens with one attached hydrogen (secondary N) is 2. The molecule has 8 nitrogen and oxygen atoms in total. The molecule has 4 rings (SSSR count). The van der Waals surface area contributed by atoms with Crippen molar-refractivity contribution in [2.45, 2.75) is 39.2 Å². The summed E-state index contributed by atoms with van der Waals surface area (Å²) in [6.07, 6.45) is 3.53. The fraction of sp³-hybridized carbons (Fsp3) is 0.385. The number of unbranched alkanes of at least 4 members (excludes halogenated alkanes) is 1. The second-order valence-corrected chi connectivity index (χ2v) is 9.70. The molecule has 0 spiro atoms. The van der Waals surface area contributed by atoms with Crippen molar-refractivity contribution < 1.29 is 14.1 Å². The van der Waals surface area contributed by atoms with E-state index in [1.165, 1.54) is 0 Å². The molecule has 3 aromatic rings. The molecule has 1 aliphatic heterocycles. The first-order chi connectivity index (χ1) is 17.4. The number of carbonyl (C=O) groups is 2. The number of halogens is 2. The van der Waals surface area contributed by atoms with Crippen molar-refractivity contribution in [3.63, 3.8) is 0 Å². The Morgan fingerprint density at radius 3 is 2.83 bits per heavy atom. The van der Waals surface area contributed by atoms with Crippen LogP contribution in [0.1, 0.15) is 48.9 Å². The lowest BCUT2D eigenvalue weighted by molar-refractivity contribution is -0.121. The number of para-hydroxylation sites is 1. The van der Waals surface area contributed by atoms with Gasteiger partial charge in [-0.15, -0.1) is 0 Å². The Bertz CT molecular complexity index is 1220. The van der Waals surface area contributed by atoms with Crippen LogP contribution in [-0.4, -0.2) is 46.5 Å². The molecule has 1 aromatic heterocycles. The molecule has 0 radical (unpaired) electrons. The van der Waals surface area contributed by atoms with Crippen molar-refractivity contribution >= 4 is 40.7 Å². The molecule has 2 N–H and O–H groups in total. The van der Waals surface area contributed by atoms with Crippen LogP contribution in [0.3, 0.4) is 0 Å². The summed E-state index contributed by atoms with van der Waals surface area (Å²) in [7, 11) is 0. The topological polar surface area (TPSA) is 100 Å². The average molecular weight is 530 g/mol. The van der Waals surface area contributed by atoms with Gasteiger partial charge in [0.1, 0.15) is 0 Å². The van der Waals surface area contributed by atoms with Crippen LogP contribution in [0.15, 0.2) is 47.0 Å². The molecule has 36 heavy (non-hydrogen) atoms. The lowest BCUT2D eigenvalue weighted by Gasteiger charge is -2.31. The van der Waals surface area contributed by atoms with Gasteiger partial charge in [0.25, 0.3) is 5.91 Å². The maximum Gasteiger partial charge on any atom is 0.253 e. The van der Waals surface area contributed by atoms with E-state index in [1.54, 1.807) is 36.4 Å². The van der Waals surface area contributed by atoms with Gasteiger partial charge < -0.3 is 15.2 Å². The minimum absolute atomic E-state index is 0.104. The van der Waals surface area contributed by atoms with Gasteiger partial charge in [-0.1, -0.05) is 53.8 Å². The normalized spacial score (nSPS) is 16.0. The molecule has 0 saturated carbocycles. The quantitative estimate of drug-likeness (QED) is 0.358. The molecule has 1 fully saturated rings. The number of benzene rings is 2. The SMILES string of the molecule is CCCCNC(=O)c1ccccc1NC(=O)C1CCCN(Cc2nc(-c3ccc(Cl)cc3Cl)no2)C1. The fourth-order valence-electron chi connectivity index (χ4n) is 4.20. The molecule has 1 aliphatic rings. The summed E-state index contributed by atoms with van der Waals surface area (Å²) in [6.45, 7) is 4.48. The number of aromatic nitrogens is 2. The number of hydrogen-bond acceptors (Lipinski definition) is 6. The zero-order valence-electron chi connectivity index (χ0n) is 20.1. The fourth-order valence-corrected chi connectivity index (χ4v) is 4.70. The van der Waals surface area contributed by atoms with Crippen molar-refractivity contribution in [2.24, 2.45) is 5.92 Å². The summed E-state index contributed by atoms with van der Waals surface area (Å²) >= 11 is 12.2. The predicted octanol–water partition coefficient (Wildman–Crippen LogP) is 5.42. The Morgan fingerprint density at radius 2 is 2.03 bits per heavy atom. The monoisotopic (exact) mass is 529 g/mol. The summed E-state index contributed by atoms with van der Waals surface area (Å²) in [4.78, 5) is 32.3. The smallest absolute Gasteiger partial charge is 0.253 e. The van der Waals surface area contributed by atoms with E-state index >= 15 is 0 Å². The van der Waals surface area contributed by atoms with Crippen LogP contribution >= 0.6 is 23.2 Å². The van der Waals surface area contributed by atoms with Crippen molar-refractivity contribution in [2.75, 3.05) is 25.0 Å². The van der Waals surface area contributed by atoms with E-state index in [0.29, 0.717) is 58.2 Å². The van der Waals surface area contributed by atoms with Crippen molar-refractivity contribution in [1.29, 1.82) is 0 Å². The molecule has 0 aliphatic carbocycles. The van der Waals surface area contributed by atoms with Crippen molar-refractivity contribution in [3.05, 3.63) is 64.0 Å². The maximum atomic E-state index is 13.1. The minimum Gasteiger partial charge on any atom is -0.352 e. The molecule has 1 atom stereocenters. The second-order valence-electron chi connectivity index (χ2n) is 8.85. The number of nitrogens with zero attached hydrogens (tertiary/aromatic N) is 3. The van der Waals surface area contributed by atoms with Crippen LogP contribution in [0.5, 0.6) is 0 Å². The van der Waals surface area contributed by atoms with E-state index < -0.39 is 0 Å². The Morgan fingerprint density at radius 1 is 1.19 bits per heavy atom. The van der Waals surface area contributed by atoms with E-state index in [2.05, 4.69) is 32.6 Å². The van der Waals surface area contributed by atoms with Crippen LogP contribution in [-0.2, 0) is 11.3 Å². The Kier molecular flexibility index (Phi) is 8.96. The summed E-state index contributed by atoms with van der Waals surface area (Å²) in [5.74, 6) is 0.339. The van der Waals surface area contributed by atoms with Gasteiger partial charge >= 0.3 is 0 Å². The number of anilines is 1. The summed E-state index contributed by atoms with van der Waals surface area (Å²) in [6, 6.07) is 12.2. The van der Waals surface area contributed by atoms with Gasteiger partial charge in [-0.3, -0.25) is 14.5 Å². The first kappa shape index (κ1) is 26.1. The Balaban J connectivity index is 1.37. The number of piperidine rings is 1. The molecule has 190 valence electrons. The number of carbonyl (C=O) groups excluding carboxylic acids is 2. The van der Waals surface area contributed by atoms with E-state index in [4.69, 9.17) is 27.7 Å². The van der Waals surface area contributed by atoms with Gasteiger partial charge in [-0.2, -0.15) is 4.98 Å². The lowest BCUT2D eigenvalue weighted by atomic mass is 9.96. The molecular formula is C26H29Cl2N5O3. The maximum absolute atomic E-state index is 13.1. The largest absolute Gasteiger partial charge is 0.352 e. The van der Waals surface area contributed by atoms with Crippen LogP contribution in [0.4, 0.5) is 5.69 Å². The third-order valence-corrected chi connectivity index (χ3v) is 6.67. The molecule has 2 heterocycles. The van der Waals surface area contributed by atoms with Gasteiger partial charge in [0.2, 0.25) is 17.6 Å². The third-order valence-electron chi connectivity index (χ3n) is 6.12. The minimum atomic E-state index is -0.219. The second kappa shape index (κ2) is 12.3. The zero-order chi connectivity index (χ0) is 25.5. The number of rotatable bonds is 9. The zero-order valence-corrected chi connectivity index (χ0v) is 21.6. The van der Waals surface area contributed by atoms with Gasteiger partial charge in [0, 0.05) is 23.7 Å². The van der Waals surface area contributed by atoms with Gasteiger partial charge in [0.05, 0.1) is 28.7 Å². The number of likely N-dealkylation sites (tertiary alicyclic amines) is 1. The van der Waals surface area contributed by atoms with E-state index in [-0.39, 0.29) is 17.7 Å².